The van der Waals surface area contributed by atoms with Crippen LogP contribution in [0, 0.1) is 0 Å². The summed E-state index contributed by atoms with van der Waals surface area (Å²) in [4.78, 5) is 2.67. The molecule has 0 saturated carbocycles. The largest absolute Gasteiger partial charge is 0.375 e. The first kappa shape index (κ1) is 14.8. The van der Waals surface area contributed by atoms with Crippen molar-refractivity contribution in [3.8, 4) is 0 Å². The van der Waals surface area contributed by atoms with Crippen LogP contribution in [0.25, 0.3) is 0 Å². The zero-order valence-electron chi connectivity index (χ0n) is 12.2. The van der Waals surface area contributed by atoms with E-state index in [9.17, 15) is 0 Å². The maximum Gasteiger partial charge on any atom is 0.0401 e. The second kappa shape index (κ2) is 8.79. The maximum absolute atomic E-state index is 2.67. The molecule has 1 fully saturated rings. The first-order valence-electron chi connectivity index (χ1n) is 7.75. The molecule has 0 atom stereocenters. The van der Waals surface area contributed by atoms with E-state index in [0.717, 1.165) is 0 Å². The molecule has 0 aromatic carbocycles. The quantitative estimate of drug-likeness (QED) is 0.607. The average molecular weight is 254 g/mol. The fourth-order valence-electron chi connectivity index (χ4n) is 2.75. The lowest BCUT2D eigenvalue weighted by Gasteiger charge is -2.31. The molecule has 17 heavy (non-hydrogen) atoms. The minimum absolute atomic E-state index is 0.431. The van der Waals surface area contributed by atoms with E-state index in [1.54, 1.807) is 5.70 Å². The molecule has 1 saturated heterocycles. The number of nitrogens with zero attached hydrogens (tertiary/aromatic N) is 1. The summed E-state index contributed by atoms with van der Waals surface area (Å²) in [5, 5.41) is 0. The van der Waals surface area contributed by atoms with Gasteiger partial charge in [0.15, 0.2) is 0 Å². The monoisotopic (exact) mass is 253 g/mol. The van der Waals surface area contributed by atoms with Crippen LogP contribution in [-0.4, -0.2) is 26.8 Å². The van der Waals surface area contributed by atoms with Crippen molar-refractivity contribution in [2.75, 3.05) is 13.1 Å². The molecule has 0 aliphatic carbocycles. The Morgan fingerprint density at radius 2 is 1.71 bits per heavy atom. The van der Waals surface area contributed by atoms with E-state index in [1.807, 2.05) is 0 Å². The highest BCUT2D eigenvalue weighted by Gasteiger charge is 2.13. The van der Waals surface area contributed by atoms with Gasteiger partial charge in [0.25, 0.3) is 0 Å². The Kier molecular flexibility index (Phi) is 7.66. The van der Waals surface area contributed by atoms with Crippen molar-refractivity contribution in [1.29, 1.82) is 0 Å². The number of piperidine rings is 1. The SMILES string of the molecule is CCCC(=CC[SiH](CC)CC)N1CCCCC1. The van der Waals surface area contributed by atoms with E-state index in [-0.39, 0.29) is 0 Å². The topological polar surface area (TPSA) is 3.24 Å². The Morgan fingerprint density at radius 3 is 2.24 bits per heavy atom. The molecule has 1 aliphatic rings. The highest BCUT2D eigenvalue weighted by molar-refractivity contribution is 6.59. The van der Waals surface area contributed by atoms with E-state index in [1.165, 1.54) is 63.3 Å². The molecule has 2 heteroatoms. The summed E-state index contributed by atoms with van der Waals surface area (Å²) in [6.07, 6.45) is 9.46. The van der Waals surface area contributed by atoms with E-state index < -0.39 is 8.80 Å². The van der Waals surface area contributed by atoms with Gasteiger partial charge in [-0.2, -0.15) is 0 Å². The predicted molar refractivity (Wildman–Crippen MR) is 81.3 cm³/mol. The van der Waals surface area contributed by atoms with Gasteiger partial charge < -0.3 is 4.90 Å². The predicted octanol–water partition coefficient (Wildman–Crippen LogP) is 4.42. The van der Waals surface area contributed by atoms with Gasteiger partial charge in [-0.25, -0.2) is 0 Å². The molecule has 100 valence electrons. The van der Waals surface area contributed by atoms with Gasteiger partial charge in [-0.15, -0.1) is 0 Å². The van der Waals surface area contributed by atoms with Gasteiger partial charge in [0.1, 0.15) is 0 Å². The third-order valence-electron chi connectivity index (χ3n) is 4.11. The number of allylic oxidation sites excluding steroid dienone is 2. The number of hydrogen-bond acceptors (Lipinski definition) is 1. The number of likely N-dealkylation sites (tertiary alicyclic amines) is 1. The van der Waals surface area contributed by atoms with Gasteiger partial charge in [0.2, 0.25) is 0 Å². The van der Waals surface area contributed by atoms with Crippen LogP contribution in [0.3, 0.4) is 0 Å². The Morgan fingerprint density at radius 1 is 1.06 bits per heavy atom. The fraction of sp³-hybridized carbons (Fsp3) is 0.867. The van der Waals surface area contributed by atoms with Crippen molar-refractivity contribution >= 4 is 8.80 Å². The number of rotatable bonds is 7. The van der Waals surface area contributed by atoms with Crippen LogP contribution in [0.2, 0.25) is 18.1 Å². The molecule has 0 N–H and O–H groups in total. The smallest absolute Gasteiger partial charge is 0.0401 e. The second-order valence-corrected chi connectivity index (χ2v) is 9.25. The lowest BCUT2D eigenvalue weighted by atomic mass is 10.1. The molecule has 0 spiro atoms. The van der Waals surface area contributed by atoms with Gasteiger partial charge in [-0.3, -0.25) is 0 Å². The van der Waals surface area contributed by atoms with E-state index >= 15 is 0 Å². The van der Waals surface area contributed by atoms with Crippen molar-refractivity contribution in [3.63, 3.8) is 0 Å². The Labute approximate surface area is 110 Å². The third-order valence-corrected chi connectivity index (χ3v) is 7.32. The van der Waals surface area contributed by atoms with E-state index in [0.29, 0.717) is 0 Å². The minimum atomic E-state index is -0.431. The molecule has 0 radical (unpaired) electrons. The summed E-state index contributed by atoms with van der Waals surface area (Å²) in [5.41, 5.74) is 1.67. The standard InChI is InChI=1S/C15H31NSi/c1-4-10-15(11-14-17(5-2)6-3)16-12-8-7-9-13-16/h11,17H,4-10,12-14H2,1-3H3. The van der Waals surface area contributed by atoms with Crippen LogP contribution < -0.4 is 0 Å². The lowest BCUT2D eigenvalue weighted by molar-refractivity contribution is 0.276. The van der Waals surface area contributed by atoms with Gasteiger partial charge >= 0.3 is 0 Å². The summed E-state index contributed by atoms with van der Waals surface area (Å²) in [6, 6.07) is 4.36. The van der Waals surface area contributed by atoms with Crippen LogP contribution in [0.4, 0.5) is 0 Å². The van der Waals surface area contributed by atoms with Crippen molar-refractivity contribution in [2.24, 2.45) is 0 Å². The van der Waals surface area contributed by atoms with Crippen LogP contribution in [0.1, 0.15) is 52.9 Å². The Bertz CT molecular complexity index is 215. The Hall–Kier alpha value is -0.243. The lowest BCUT2D eigenvalue weighted by Crippen LogP contribution is -2.29. The molecule has 1 nitrogen and oxygen atoms in total. The second-order valence-electron chi connectivity index (χ2n) is 5.41. The first-order chi connectivity index (χ1) is 8.31. The highest BCUT2D eigenvalue weighted by atomic mass is 28.3. The normalized spacial score (nSPS) is 17.9. The molecular weight excluding hydrogens is 222 g/mol. The van der Waals surface area contributed by atoms with E-state index in [4.69, 9.17) is 0 Å². The summed E-state index contributed by atoms with van der Waals surface area (Å²) < 4.78 is 0. The molecule has 1 rings (SSSR count). The van der Waals surface area contributed by atoms with Crippen molar-refractivity contribution in [3.05, 3.63) is 11.8 Å². The third kappa shape index (κ3) is 5.28. The highest BCUT2D eigenvalue weighted by Crippen LogP contribution is 2.20. The first-order valence-corrected chi connectivity index (χ1v) is 10.2. The summed E-state index contributed by atoms with van der Waals surface area (Å²) in [7, 11) is -0.431. The van der Waals surface area contributed by atoms with Crippen molar-refractivity contribution in [2.45, 2.75) is 71.0 Å². The summed E-state index contributed by atoms with van der Waals surface area (Å²) in [6.45, 7) is 9.71. The number of hydrogen-bond donors (Lipinski definition) is 0. The Balaban J connectivity index is 2.53. The zero-order valence-corrected chi connectivity index (χ0v) is 13.3. The summed E-state index contributed by atoms with van der Waals surface area (Å²) in [5.74, 6) is 0. The van der Waals surface area contributed by atoms with Crippen LogP contribution in [0.5, 0.6) is 0 Å². The van der Waals surface area contributed by atoms with Gasteiger partial charge in [-0.1, -0.05) is 45.4 Å². The fourth-order valence-corrected chi connectivity index (χ4v) is 4.60. The van der Waals surface area contributed by atoms with Gasteiger partial charge in [-0.05, 0) is 31.7 Å². The van der Waals surface area contributed by atoms with Crippen molar-refractivity contribution in [1.82, 2.24) is 4.90 Å². The van der Waals surface area contributed by atoms with Crippen LogP contribution >= 0.6 is 0 Å². The average Bonchev–Trinajstić information content (AvgIpc) is 2.39. The van der Waals surface area contributed by atoms with Crippen molar-refractivity contribution < 1.29 is 0 Å². The molecule has 0 aromatic heterocycles. The van der Waals surface area contributed by atoms with Crippen LogP contribution in [0.15, 0.2) is 11.8 Å². The minimum Gasteiger partial charge on any atom is -0.375 e. The maximum atomic E-state index is 2.67. The summed E-state index contributed by atoms with van der Waals surface area (Å²) >= 11 is 0. The molecule has 0 bridgehead atoms. The molecule has 0 amide bonds. The zero-order chi connectivity index (χ0) is 12.5. The van der Waals surface area contributed by atoms with Gasteiger partial charge in [0, 0.05) is 27.6 Å². The molecular formula is C15H31NSi. The molecule has 1 heterocycles. The molecule has 0 aromatic rings. The molecule has 0 unspecified atom stereocenters. The van der Waals surface area contributed by atoms with E-state index in [2.05, 4.69) is 31.7 Å². The van der Waals surface area contributed by atoms with Gasteiger partial charge in [0.05, 0.1) is 0 Å². The molecule has 1 aliphatic heterocycles. The van der Waals surface area contributed by atoms with Crippen LogP contribution in [-0.2, 0) is 0 Å².